The highest BCUT2D eigenvalue weighted by Gasteiger charge is 2.30. The Kier molecular flexibility index (Phi) is 2.73. The molecule has 0 saturated carbocycles. The van der Waals surface area contributed by atoms with Crippen LogP contribution in [-0.4, -0.2) is 16.8 Å². The lowest BCUT2D eigenvalue weighted by atomic mass is 10.1. The molecule has 0 atom stereocenters. The van der Waals surface area contributed by atoms with Crippen LogP contribution < -0.4 is 0 Å². The zero-order valence-corrected chi connectivity index (χ0v) is 7.22. The lowest BCUT2D eigenvalue weighted by Gasteiger charge is -2.13. The monoisotopic (exact) mass is 208 g/mol. The summed E-state index contributed by atoms with van der Waals surface area (Å²) in [5, 5.41) is 17.1. The molecule has 5 heteroatoms. The Labute approximate surface area is 78.4 Å². The van der Waals surface area contributed by atoms with E-state index in [0.717, 1.165) is 18.2 Å². The molecule has 0 aliphatic rings. The average molecular weight is 209 g/mol. The van der Waals surface area contributed by atoms with E-state index in [0.29, 0.717) is 0 Å². The third kappa shape index (κ3) is 2.08. The molecule has 1 rings (SSSR count). The second-order valence-electron chi connectivity index (χ2n) is 2.53. The lowest BCUT2D eigenvalue weighted by molar-refractivity contribution is -0.0556. The van der Waals surface area contributed by atoms with Gasteiger partial charge in [-0.05, 0) is 18.2 Å². The van der Waals surface area contributed by atoms with Gasteiger partial charge in [0.05, 0.1) is 5.02 Å². The van der Waals surface area contributed by atoms with E-state index >= 15 is 0 Å². The van der Waals surface area contributed by atoms with Crippen molar-refractivity contribution >= 4 is 11.6 Å². The van der Waals surface area contributed by atoms with Crippen LogP contribution >= 0.6 is 11.6 Å². The molecule has 0 amide bonds. The quantitative estimate of drug-likeness (QED) is 0.782. The molecule has 0 radical (unpaired) electrons. The molecule has 0 aromatic heterocycles. The summed E-state index contributed by atoms with van der Waals surface area (Å²) in [6.45, 7) is -1.28. The Morgan fingerprint density at radius 3 is 2.46 bits per heavy atom. The summed E-state index contributed by atoms with van der Waals surface area (Å²) in [4.78, 5) is 0. The van der Waals surface area contributed by atoms with Crippen LogP contribution in [0, 0.1) is 0 Å². The van der Waals surface area contributed by atoms with Crippen molar-refractivity contribution in [1.82, 2.24) is 0 Å². The van der Waals surface area contributed by atoms with Crippen LogP contribution in [0.4, 0.5) is 8.78 Å². The van der Waals surface area contributed by atoms with Crippen molar-refractivity contribution < 1.29 is 19.0 Å². The summed E-state index contributed by atoms with van der Waals surface area (Å²) in [6.07, 6.45) is 0. The van der Waals surface area contributed by atoms with Gasteiger partial charge in [0, 0.05) is 5.56 Å². The molecule has 2 nitrogen and oxygen atoms in total. The molecule has 13 heavy (non-hydrogen) atoms. The molecular weight excluding hydrogens is 202 g/mol. The standard InChI is InChI=1S/C8H7ClF2O2/c9-6-3-5(1-2-7(6)13)8(10,11)4-12/h1-3,12-13H,4H2. The van der Waals surface area contributed by atoms with Crippen molar-refractivity contribution in [2.75, 3.05) is 6.61 Å². The number of benzene rings is 1. The van der Waals surface area contributed by atoms with Gasteiger partial charge < -0.3 is 10.2 Å². The first-order valence-electron chi connectivity index (χ1n) is 3.45. The Bertz CT molecular complexity index is 315. The van der Waals surface area contributed by atoms with Crippen LogP contribution in [0.5, 0.6) is 5.75 Å². The number of aromatic hydroxyl groups is 1. The van der Waals surface area contributed by atoms with Crippen LogP contribution in [0.2, 0.25) is 5.02 Å². The van der Waals surface area contributed by atoms with E-state index in [2.05, 4.69) is 0 Å². The van der Waals surface area contributed by atoms with Crippen LogP contribution in [-0.2, 0) is 5.92 Å². The number of hydrogen-bond donors (Lipinski definition) is 2. The van der Waals surface area contributed by atoms with E-state index in [9.17, 15) is 8.78 Å². The normalized spacial score (nSPS) is 11.7. The van der Waals surface area contributed by atoms with Gasteiger partial charge in [-0.25, -0.2) is 0 Å². The minimum absolute atomic E-state index is 0.161. The summed E-state index contributed by atoms with van der Waals surface area (Å²) in [6, 6.07) is 2.99. The second kappa shape index (κ2) is 3.47. The summed E-state index contributed by atoms with van der Waals surface area (Å²) in [5.41, 5.74) is -0.419. The third-order valence-electron chi connectivity index (χ3n) is 1.57. The van der Waals surface area contributed by atoms with Gasteiger partial charge in [0.25, 0.3) is 5.92 Å². The number of hydrogen-bond acceptors (Lipinski definition) is 2. The molecule has 0 bridgehead atoms. The van der Waals surface area contributed by atoms with E-state index in [1.165, 1.54) is 0 Å². The van der Waals surface area contributed by atoms with Gasteiger partial charge in [-0.1, -0.05) is 11.6 Å². The molecule has 0 fully saturated rings. The zero-order valence-electron chi connectivity index (χ0n) is 6.47. The number of rotatable bonds is 2. The van der Waals surface area contributed by atoms with Crippen LogP contribution in [0.1, 0.15) is 5.56 Å². The molecule has 0 aliphatic carbocycles. The SMILES string of the molecule is OCC(F)(F)c1ccc(O)c(Cl)c1. The average Bonchev–Trinajstić information content (AvgIpc) is 2.09. The minimum atomic E-state index is -3.32. The van der Waals surface area contributed by atoms with Gasteiger partial charge in [-0.2, -0.15) is 8.78 Å². The molecule has 0 spiro atoms. The first-order valence-corrected chi connectivity index (χ1v) is 3.83. The van der Waals surface area contributed by atoms with Gasteiger partial charge in [0.15, 0.2) is 0 Å². The number of phenols is 1. The third-order valence-corrected chi connectivity index (χ3v) is 1.87. The number of aliphatic hydroxyl groups is 1. The van der Waals surface area contributed by atoms with E-state index in [1.807, 2.05) is 0 Å². The second-order valence-corrected chi connectivity index (χ2v) is 2.94. The van der Waals surface area contributed by atoms with E-state index in [1.54, 1.807) is 0 Å². The predicted octanol–water partition coefficient (Wildman–Crippen LogP) is 2.13. The lowest BCUT2D eigenvalue weighted by Crippen LogP contribution is -2.18. The highest BCUT2D eigenvalue weighted by atomic mass is 35.5. The minimum Gasteiger partial charge on any atom is -0.506 e. The fourth-order valence-corrected chi connectivity index (χ4v) is 1.01. The van der Waals surface area contributed by atoms with Crippen molar-refractivity contribution in [2.24, 2.45) is 0 Å². The van der Waals surface area contributed by atoms with Crippen LogP contribution in [0.15, 0.2) is 18.2 Å². The fourth-order valence-electron chi connectivity index (χ4n) is 0.826. The number of alkyl halides is 2. The Morgan fingerprint density at radius 2 is 2.00 bits per heavy atom. The topological polar surface area (TPSA) is 40.5 Å². The molecular formula is C8H7ClF2O2. The van der Waals surface area contributed by atoms with Crippen molar-refractivity contribution in [3.05, 3.63) is 28.8 Å². The van der Waals surface area contributed by atoms with Gasteiger partial charge in [0.2, 0.25) is 0 Å². The van der Waals surface area contributed by atoms with E-state index < -0.39 is 18.1 Å². The molecule has 0 saturated heterocycles. The molecule has 1 aromatic rings. The molecule has 2 N–H and O–H groups in total. The zero-order chi connectivity index (χ0) is 10.1. The highest BCUT2D eigenvalue weighted by Crippen LogP contribution is 2.32. The number of halogens is 3. The van der Waals surface area contributed by atoms with Crippen molar-refractivity contribution in [3.8, 4) is 5.75 Å². The van der Waals surface area contributed by atoms with E-state index in [4.69, 9.17) is 21.8 Å². The van der Waals surface area contributed by atoms with Gasteiger partial charge in [-0.15, -0.1) is 0 Å². The number of aliphatic hydroxyl groups excluding tert-OH is 1. The summed E-state index contributed by atoms with van der Waals surface area (Å²) in [7, 11) is 0. The van der Waals surface area contributed by atoms with Gasteiger partial charge >= 0.3 is 0 Å². The maximum absolute atomic E-state index is 12.8. The first-order chi connectivity index (χ1) is 5.97. The van der Waals surface area contributed by atoms with Crippen molar-refractivity contribution in [3.63, 3.8) is 0 Å². The summed E-state index contributed by atoms with van der Waals surface area (Å²) < 4.78 is 25.6. The highest BCUT2D eigenvalue weighted by molar-refractivity contribution is 6.32. The molecule has 0 aliphatic heterocycles. The maximum atomic E-state index is 12.8. The number of phenolic OH excluding ortho intramolecular Hbond substituents is 1. The molecule has 0 heterocycles. The predicted molar refractivity (Wildman–Crippen MR) is 44.1 cm³/mol. The fraction of sp³-hybridized carbons (Fsp3) is 0.250. The largest absolute Gasteiger partial charge is 0.506 e. The van der Waals surface area contributed by atoms with Gasteiger partial charge in [-0.3, -0.25) is 0 Å². The van der Waals surface area contributed by atoms with Crippen LogP contribution in [0.3, 0.4) is 0 Å². The molecule has 1 aromatic carbocycles. The van der Waals surface area contributed by atoms with Crippen molar-refractivity contribution in [2.45, 2.75) is 5.92 Å². The van der Waals surface area contributed by atoms with Gasteiger partial charge in [0.1, 0.15) is 12.4 Å². The Morgan fingerprint density at radius 1 is 1.38 bits per heavy atom. The smallest absolute Gasteiger partial charge is 0.295 e. The van der Waals surface area contributed by atoms with Crippen LogP contribution in [0.25, 0.3) is 0 Å². The maximum Gasteiger partial charge on any atom is 0.295 e. The van der Waals surface area contributed by atoms with Crippen molar-refractivity contribution in [1.29, 1.82) is 0 Å². The van der Waals surface area contributed by atoms with E-state index in [-0.39, 0.29) is 10.8 Å². The summed E-state index contributed by atoms with van der Waals surface area (Å²) >= 11 is 5.41. The Hall–Kier alpha value is -0.870. The summed E-state index contributed by atoms with van der Waals surface area (Å²) in [5.74, 6) is -3.59. The Balaban J connectivity index is 3.10. The molecule has 0 unspecified atom stereocenters. The molecule has 72 valence electrons. The first kappa shape index (κ1) is 10.2.